The second-order valence-electron chi connectivity index (χ2n) is 8.10. The van der Waals surface area contributed by atoms with Crippen molar-refractivity contribution in [3.8, 4) is 5.75 Å². The standard InChI is InChI=1S/C24H28ClN3O4/c1-16(2)22(27-23(30)17-8-10-18(25)11-9-17)24(31)26-19-6-5-7-20(14-19)32-15-21(29)28-12-3-4-13-28/h5-11,14,16,22H,3-4,12-13,15H2,1-2H3,(H,26,31)(H,27,30). The summed E-state index contributed by atoms with van der Waals surface area (Å²) in [6.45, 7) is 5.22. The topological polar surface area (TPSA) is 87.7 Å². The number of ether oxygens (including phenoxy) is 1. The van der Waals surface area contributed by atoms with E-state index in [1.807, 2.05) is 13.8 Å². The zero-order chi connectivity index (χ0) is 23.1. The number of carbonyl (C=O) groups is 3. The number of anilines is 1. The monoisotopic (exact) mass is 457 g/mol. The molecule has 1 aliphatic rings. The Morgan fingerprint density at radius 3 is 2.41 bits per heavy atom. The van der Waals surface area contributed by atoms with Crippen LogP contribution >= 0.6 is 11.6 Å². The molecule has 3 rings (SSSR count). The van der Waals surface area contributed by atoms with E-state index in [0.717, 1.165) is 25.9 Å². The van der Waals surface area contributed by atoms with E-state index in [2.05, 4.69) is 10.6 Å². The van der Waals surface area contributed by atoms with Crippen LogP contribution in [-0.4, -0.2) is 48.4 Å². The molecule has 0 bridgehead atoms. The van der Waals surface area contributed by atoms with Crippen LogP contribution in [0.5, 0.6) is 5.75 Å². The average Bonchev–Trinajstić information content (AvgIpc) is 3.31. The van der Waals surface area contributed by atoms with Crippen molar-refractivity contribution in [2.75, 3.05) is 25.0 Å². The zero-order valence-electron chi connectivity index (χ0n) is 18.3. The fourth-order valence-corrected chi connectivity index (χ4v) is 3.57. The summed E-state index contributed by atoms with van der Waals surface area (Å²) in [6.07, 6.45) is 2.05. The molecule has 2 aromatic carbocycles. The summed E-state index contributed by atoms with van der Waals surface area (Å²) >= 11 is 5.87. The van der Waals surface area contributed by atoms with Crippen molar-refractivity contribution in [3.63, 3.8) is 0 Å². The number of likely N-dealkylation sites (tertiary alicyclic amines) is 1. The van der Waals surface area contributed by atoms with Crippen molar-refractivity contribution in [2.45, 2.75) is 32.7 Å². The average molecular weight is 458 g/mol. The first-order valence-electron chi connectivity index (χ1n) is 10.7. The number of rotatable bonds is 8. The van der Waals surface area contributed by atoms with E-state index < -0.39 is 6.04 Å². The molecule has 0 aromatic heterocycles. The molecule has 1 heterocycles. The number of nitrogens with one attached hydrogen (secondary N) is 2. The normalized spacial score (nSPS) is 14.2. The smallest absolute Gasteiger partial charge is 0.260 e. The van der Waals surface area contributed by atoms with Gasteiger partial charge in [-0.1, -0.05) is 31.5 Å². The van der Waals surface area contributed by atoms with Gasteiger partial charge in [0, 0.05) is 35.4 Å². The summed E-state index contributed by atoms with van der Waals surface area (Å²) in [6, 6.07) is 12.6. The van der Waals surface area contributed by atoms with Gasteiger partial charge in [-0.3, -0.25) is 14.4 Å². The van der Waals surface area contributed by atoms with Crippen LogP contribution in [0, 0.1) is 5.92 Å². The number of nitrogens with zero attached hydrogens (tertiary/aromatic N) is 1. The van der Waals surface area contributed by atoms with Crippen LogP contribution in [0.15, 0.2) is 48.5 Å². The summed E-state index contributed by atoms with van der Waals surface area (Å²) in [5.74, 6) is -0.382. The Balaban J connectivity index is 1.59. The molecule has 1 atom stereocenters. The number of amides is 3. The Morgan fingerprint density at radius 1 is 1.06 bits per heavy atom. The summed E-state index contributed by atoms with van der Waals surface area (Å²) in [7, 11) is 0. The molecule has 1 fully saturated rings. The van der Waals surface area contributed by atoms with Crippen molar-refractivity contribution in [1.29, 1.82) is 0 Å². The van der Waals surface area contributed by atoms with Crippen molar-refractivity contribution in [2.24, 2.45) is 5.92 Å². The van der Waals surface area contributed by atoms with Crippen molar-refractivity contribution >= 4 is 35.0 Å². The Bertz CT molecular complexity index is 956. The molecule has 0 radical (unpaired) electrons. The van der Waals surface area contributed by atoms with Crippen LogP contribution in [-0.2, 0) is 9.59 Å². The first kappa shape index (κ1) is 23.6. The molecule has 32 heavy (non-hydrogen) atoms. The van der Waals surface area contributed by atoms with Crippen molar-refractivity contribution in [3.05, 3.63) is 59.1 Å². The molecule has 2 N–H and O–H groups in total. The van der Waals surface area contributed by atoms with Crippen LogP contribution in [0.1, 0.15) is 37.0 Å². The first-order chi connectivity index (χ1) is 15.3. The molecule has 170 valence electrons. The second kappa shape index (κ2) is 11.0. The summed E-state index contributed by atoms with van der Waals surface area (Å²) < 4.78 is 5.62. The molecule has 1 unspecified atom stereocenters. The molecular weight excluding hydrogens is 430 g/mol. The minimum absolute atomic E-state index is 0.0385. The molecule has 1 saturated heterocycles. The molecule has 7 nitrogen and oxygen atoms in total. The van der Waals surface area contributed by atoms with Gasteiger partial charge in [0.1, 0.15) is 11.8 Å². The van der Waals surface area contributed by atoms with Gasteiger partial charge in [0.25, 0.3) is 11.8 Å². The zero-order valence-corrected chi connectivity index (χ0v) is 19.0. The van der Waals surface area contributed by atoms with E-state index in [4.69, 9.17) is 16.3 Å². The molecule has 1 aliphatic heterocycles. The van der Waals surface area contributed by atoms with E-state index in [1.54, 1.807) is 53.4 Å². The lowest BCUT2D eigenvalue weighted by molar-refractivity contribution is -0.132. The number of hydrogen-bond donors (Lipinski definition) is 2. The second-order valence-corrected chi connectivity index (χ2v) is 8.53. The Kier molecular flexibility index (Phi) is 8.11. The predicted molar refractivity (Wildman–Crippen MR) is 124 cm³/mol. The molecule has 0 spiro atoms. The maximum Gasteiger partial charge on any atom is 0.260 e. The van der Waals surface area contributed by atoms with Gasteiger partial charge in [0.05, 0.1) is 0 Å². The quantitative estimate of drug-likeness (QED) is 0.632. The number of benzene rings is 2. The highest BCUT2D eigenvalue weighted by molar-refractivity contribution is 6.30. The van der Waals surface area contributed by atoms with Crippen LogP contribution in [0.2, 0.25) is 5.02 Å². The molecule has 8 heteroatoms. The van der Waals surface area contributed by atoms with Crippen LogP contribution in [0.4, 0.5) is 5.69 Å². The maximum absolute atomic E-state index is 12.9. The molecule has 2 aromatic rings. The number of halogens is 1. The minimum atomic E-state index is -0.737. The predicted octanol–water partition coefficient (Wildman–Crippen LogP) is 3.73. The SMILES string of the molecule is CC(C)C(NC(=O)c1ccc(Cl)cc1)C(=O)Nc1cccc(OCC(=O)N2CCCC2)c1. The number of carbonyl (C=O) groups excluding carboxylic acids is 3. The van der Waals surface area contributed by atoms with Crippen molar-refractivity contribution < 1.29 is 19.1 Å². The molecule has 3 amide bonds. The van der Waals surface area contributed by atoms with Gasteiger partial charge in [-0.25, -0.2) is 0 Å². The summed E-state index contributed by atoms with van der Waals surface area (Å²) in [4.78, 5) is 39.4. The lowest BCUT2D eigenvalue weighted by Gasteiger charge is -2.22. The van der Waals surface area contributed by atoms with Crippen molar-refractivity contribution in [1.82, 2.24) is 10.2 Å². The van der Waals surface area contributed by atoms with Crippen LogP contribution in [0.3, 0.4) is 0 Å². The third-order valence-corrected chi connectivity index (χ3v) is 5.52. The third kappa shape index (κ3) is 6.47. The van der Waals surface area contributed by atoms with Gasteiger partial charge in [0.2, 0.25) is 5.91 Å². The fraction of sp³-hybridized carbons (Fsp3) is 0.375. The largest absolute Gasteiger partial charge is 0.484 e. The summed E-state index contributed by atoms with van der Waals surface area (Å²) in [5, 5.41) is 6.14. The van der Waals surface area contributed by atoms with Gasteiger partial charge in [-0.15, -0.1) is 0 Å². The van der Waals surface area contributed by atoms with Gasteiger partial charge >= 0.3 is 0 Å². The molecule has 0 saturated carbocycles. The maximum atomic E-state index is 12.9. The lowest BCUT2D eigenvalue weighted by Crippen LogP contribution is -2.47. The minimum Gasteiger partial charge on any atom is -0.484 e. The van der Waals surface area contributed by atoms with E-state index in [-0.39, 0.29) is 30.2 Å². The Labute approximate surface area is 193 Å². The van der Waals surface area contributed by atoms with E-state index >= 15 is 0 Å². The highest BCUT2D eigenvalue weighted by Crippen LogP contribution is 2.19. The molecule has 0 aliphatic carbocycles. The highest BCUT2D eigenvalue weighted by atomic mass is 35.5. The first-order valence-corrected chi connectivity index (χ1v) is 11.1. The Hall–Kier alpha value is -3.06. The van der Waals surface area contributed by atoms with Gasteiger partial charge in [-0.2, -0.15) is 0 Å². The highest BCUT2D eigenvalue weighted by Gasteiger charge is 2.25. The van der Waals surface area contributed by atoms with E-state index in [0.29, 0.717) is 22.0 Å². The van der Waals surface area contributed by atoms with Crippen LogP contribution in [0.25, 0.3) is 0 Å². The fourth-order valence-electron chi connectivity index (χ4n) is 3.45. The van der Waals surface area contributed by atoms with Gasteiger partial charge in [0.15, 0.2) is 6.61 Å². The van der Waals surface area contributed by atoms with E-state index in [1.165, 1.54) is 0 Å². The lowest BCUT2D eigenvalue weighted by atomic mass is 10.0. The van der Waals surface area contributed by atoms with E-state index in [9.17, 15) is 14.4 Å². The van der Waals surface area contributed by atoms with Crippen LogP contribution < -0.4 is 15.4 Å². The molecular formula is C24H28ClN3O4. The van der Waals surface area contributed by atoms with Gasteiger partial charge in [-0.05, 0) is 55.2 Å². The van der Waals surface area contributed by atoms with Gasteiger partial charge < -0.3 is 20.3 Å². The number of hydrogen-bond acceptors (Lipinski definition) is 4. The summed E-state index contributed by atoms with van der Waals surface area (Å²) in [5.41, 5.74) is 0.943. The third-order valence-electron chi connectivity index (χ3n) is 5.26. The Morgan fingerprint density at radius 2 is 1.75 bits per heavy atom.